The molecule has 1 aliphatic rings. The second-order valence-electron chi connectivity index (χ2n) is 5.24. The maximum Gasteiger partial charge on any atom is 0.352 e. The van der Waals surface area contributed by atoms with Crippen molar-refractivity contribution in [3.05, 3.63) is 18.0 Å². The van der Waals surface area contributed by atoms with E-state index in [1.54, 1.807) is 0 Å². The lowest BCUT2D eigenvalue weighted by Gasteiger charge is -2.27. The Balaban J connectivity index is 2.28. The number of aromatic nitrogens is 1. The Hall–Kier alpha value is -1.38. The van der Waals surface area contributed by atoms with E-state index in [4.69, 9.17) is 9.84 Å². The highest BCUT2D eigenvalue weighted by Gasteiger charge is 2.38. The Kier molecular flexibility index (Phi) is 4.70. The third-order valence-electron chi connectivity index (χ3n) is 3.77. The topological polar surface area (TPSA) is 99.7 Å². The molecule has 8 heteroatoms. The summed E-state index contributed by atoms with van der Waals surface area (Å²) >= 11 is 0. The molecule has 0 bridgehead atoms. The van der Waals surface area contributed by atoms with Gasteiger partial charge in [0.1, 0.15) is 10.6 Å². The van der Waals surface area contributed by atoms with Crippen LogP contribution in [0.25, 0.3) is 0 Å². The Morgan fingerprint density at radius 2 is 2.24 bits per heavy atom. The molecule has 1 unspecified atom stereocenters. The summed E-state index contributed by atoms with van der Waals surface area (Å²) in [5, 5.41) is 8.89. The van der Waals surface area contributed by atoms with Crippen molar-refractivity contribution in [3.8, 4) is 0 Å². The van der Waals surface area contributed by atoms with E-state index in [0.29, 0.717) is 12.5 Å². The van der Waals surface area contributed by atoms with Crippen LogP contribution in [-0.4, -0.2) is 55.1 Å². The molecule has 0 aromatic carbocycles. The van der Waals surface area contributed by atoms with Crippen molar-refractivity contribution in [1.29, 1.82) is 0 Å². The van der Waals surface area contributed by atoms with Crippen LogP contribution in [-0.2, 0) is 14.8 Å². The number of ether oxygens (including phenoxy) is 1. The first-order valence-electron chi connectivity index (χ1n) is 6.80. The minimum Gasteiger partial charge on any atom is -0.477 e. The Labute approximate surface area is 124 Å². The molecular weight excluding hydrogens is 296 g/mol. The molecule has 1 heterocycles. The average Bonchev–Trinajstić information content (AvgIpc) is 3.14. The summed E-state index contributed by atoms with van der Waals surface area (Å²) in [7, 11) is -2.21. The molecule has 0 radical (unpaired) electrons. The fraction of sp³-hybridized carbons (Fsp3) is 0.615. The van der Waals surface area contributed by atoms with Crippen LogP contribution in [0, 0.1) is 5.92 Å². The Bertz CT molecular complexity index is 606. The van der Waals surface area contributed by atoms with Crippen molar-refractivity contribution in [2.75, 3.05) is 20.3 Å². The van der Waals surface area contributed by atoms with Gasteiger partial charge in [-0.15, -0.1) is 0 Å². The van der Waals surface area contributed by atoms with Gasteiger partial charge in [0, 0.05) is 25.9 Å². The van der Waals surface area contributed by atoms with Crippen LogP contribution >= 0.6 is 0 Å². The van der Waals surface area contributed by atoms with E-state index in [1.807, 2.05) is 6.92 Å². The van der Waals surface area contributed by atoms with Gasteiger partial charge in [-0.2, -0.15) is 4.31 Å². The zero-order chi connectivity index (χ0) is 15.6. The monoisotopic (exact) mass is 316 g/mol. The van der Waals surface area contributed by atoms with Crippen molar-refractivity contribution in [3.63, 3.8) is 0 Å². The predicted octanol–water partition coefficient (Wildman–Crippen LogP) is 1.15. The zero-order valence-electron chi connectivity index (χ0n) is 12.1. The van der Waals surface area contributed by atoms with Gasteiger partial charge in [-0.05, 0) is 31.7 Å². The molecule has 7 nitrogen and oxygen atoms in total. The first-order valence-corrected chi connectivity index (χ1v) is 8.24. The molecule has 1 atom stereocenters. The lowest BCUT2D eigenvalue weighted by Crippen LogP contribution is -2.41. The fourth-order valence-corrected chi connectivity index (χ4v) is 3.99. The highest BCUT2D eigenvalue weighted by atomic mass is 32.2. The molecule has 2 rings (SSSR count). The van der Waals surface area contributed by atoms with Crippen LogP contribution in [0.1, 0.15) is 30.3 Å². The van der Waals surface area contributed by atoms with E-state index < -0.39 is 16.0 Å². The van der Waals surface area contributed by atoms with Gasteiger partial charge in [0.25, 0.3) is 0 Å². The average molecular weight is 316 g/mol. The number of nitrogens with one attached hydrogen (secondary N) is 1. The van der Waals surface area contributed by atoms with Gasteiger partial charge in [0.05, 0.1) is 6.61 Å². The summed E-state index contributed by atoms with van der Waals surface area (Å²) in [4.78, 5) is 13.3. The Morgan fingerprint density at radius 3 is 2.71 bits per heavy atom. The molecule has 21 heavy (non-hydrogen) atoms. The second kappa shape index (κ2) is 6.17. The molecule has 118 valence electrons. The van der Waals surface area contributed by atoms with Gasteiger partial charge in [-0.25, -0.2) is 13.2 Å². The van der Waals surface area contributed by atoms with Crippen LogP contribution in [0.5, 0.6) is 0 Å². The molecule has 1 fully saturated rings. The summed E-state index contributed by atoms with van der Waals surface area (Å²) in [5.74, 6) is -0.815. The van der Waals surface area contributed by atoms with E-state index in [1.165, 1.54) is 17.6 Å². The summed E-state index contributed by atoms with van der Waals surface area (Å²) in [6.07, 6.45) is 3.26. The van der Waals surface area contributed by atoms with Crippen molar-refractivity contribution >= 4 is 16.0 Å². The molecule has 1 aliphatic carbocycles. The third kappa shape index (κ3) is 3.45. The van der Waals surface area contributed by atoms with E-state index >= 15 is 0 Å². The van der Waals surface area contributed by atoms with Crippen molar-refractivity contribution < 1.29 is 23.1 Å². The van der Waals surface area contributed by atoms with Gasteiger partial charge in [-0.1, -0.05) is 0 Å². The number of aromatic carboxylic acids is 1. The molecule has 2 N–H and O–H groups in total. The van der Waals surface area contributed by atoms with Crippen LogP contribution in [0.15, 0.2) is 17.2 Å². The number of methoxy groups -OCH3 is 1. The van der Waals surface area contributed by atoms with Gasteiger partial charge in [0.15, 0.2) is 0 Å². The number of carbonyl (C=O) groups is 1. The van der Waals surface area contributed by atoms with Crippen LogP contribution < -0.4 is 0 Å². The van der Waals surface area contributed by atoms with E-state index in [9.17, 15) is 13.2 Å². The number of carboxylic acid groups (broad SMARTS) is 1. The highest BCUT2D eigenvalue weighted by molar-refractivity contribution is 7.89. The number of H-pyrrole nitrogens is 1. The van der Waals surface area contributed by atoms with Gasteiger partial charge in [0.2, 0.25) is 10.0 Å². The number of hydrogen-bond acceptors (Lipinski definition) is 4. The molecule has 1 saturated carbocycles. The normalized spacial score (nSPS) is 17.1. The van der Waals surface area contributed by atoms with E-state index in [0.717, 1.165) is 18.9 Å². The summed E-state index contributed by atoms with van der Waals surface area (Å²) < 4.78 is 31.8. The molecule has 0 amide bonds. The number of nitrogens with zero attached hydrogens (tertiary/aromatic N) is 1. The fourth-order valence-electron chi connectivity index (χ4n) is 2.32. The smallest absolute Gasteiger partial charge is 0.352 e. The third-order valence-corrected chi connectivity index (χ3v) is 5.73. The first kappa shape index (κ1) is 16.0. The quantitative estimate of drug-likeness (QED) is 0.749. The largest absolute Gasteiger partial charge is 0.477 e. The number of aromatic amines is 1. The predicted molar refractivity (Wildman–Crippen MR) is 75.7 cm³/mol. The highest BCUT2D eigenvalue weighted by Crippen LogP contribution is 2.37. The minimum absolute atomic E-state index is 0.0245. The standard InChI is InChI=1S/C13H20N2O5S/c1-9(10-3-4-10)15(5-6-20-2)21(18,19)11-7-12(13(16)17)14-8-11/h7-10,14H,3-6H2,1-2H3,(H,16,17). The van der Waals surface area contributed by atoms with Crippen LogP contribution in [0.4, 0.5) is 0 Å². The van der Waals surface area contributed by atoms with Crippen LogP contribution in [0.2, 0.25) is 0 Å². The number of carboxylic acids is 1. The maximum atomic E-state index is 12.7. The minimum atomic E-state index is -3.73. The Morgan fingerprint density at radius 1 is 1.57 bits per heavy atom. The van der Waals surface area contributed by atoms with Crippen LogP contribution in [0.3, 0.4) is 0 Å². The van der Waals surface area contributed by atoms with Crippen molar-refractivity contribution in [2.24, 2.45) is 5.92 Å². The van der Waals surface area contributed by atoms with Gasteiger partial charge >= 0.3 is 5.97 Å². The van der Waals surface area contributed by atoms with Gasteiger partial charge in [-0.3, -0.25) is 0 Å². The maximum absolute atomic E-state index is 12.7. The number of hydrogen-bond donors (Lipinski definition) is 2. The van der Waals surface area contributed by atoms with Gasteiger partial charge < -0.3 is 14.8 Å². The molecule has 1 aromatic heterocycles. The molecule has 0 spiro atoms. The zero-order valence-corrected chi connectivity index (χ0v) is 12.9. The van der Waals surface area contributed by atoms with Crippen molar-refractivity contribution in [2.45, 2.75) is 30.7 Å². The lowest BCUT2D eigenvalue weighted by atomic mass is 10.2. The summed E-state index contributed by atoms with van der Waals surface area (Å²) in [6, 6.07) is 1.03. The first-order chi connectivity index (χ1) is 9.87. The molecule has 0 aliphatic heterocycles. The molecular formula is C13H20N2O5S. The number of sulfonamides is 1. The van der Waals surface area contributed by atoms with E-state index in [-0.39, 0.29) is 23.2 Å². The summed E-state index contributed by atoms with van der Waals surface area (Å²) in [6.45, 7) is 2.44. The van der Waals surface area contributed by atoms with E-state index in [2.05, 4.69) is 4.98 Å². The molecule has 0 saturated heterocycles. The lowest BCUT2D eigenvalue weighted by molar-refractivity contribution is 0.0691. The van der Waals surface area contributed by atoms with Crippen molar-refractivity contribution in [1.82, 2.24) is 9.29 Å². The number of rotatable bonds is 8. The second-order valence-corrected chi connectivity index (χ2v) is 7.13. The molecule has 1 aromatic rings. The summed E-state index contributed by atoms with van der Waals surface area (Å²) in [5.41, 5.74) is -0.139. The SMILES string of the molecule is COCCN(C(C)C1CC1)S(=O)(=O)c1c[nH]c(C(=O)O)c1.